The zero-order valence-corrected chi connectivity index (χ0v) is 11.7. The largest absolute Gasteiger partial charge is 0.353 e. The van der Waals surface area contributed by atoms with E-state index in [1.807, 2.05) is 6.92 Å². The van der Waals surface area contributed by atoms with Crippen molar-refractivity contribution in [3.8, 4) is 0 Å². The number of hydrogen-bond donors (Lipinski definition) is 1. The molecule has 0 bridgehead atoms. The van der Waals surface area contributed by atoms with Crippen LogP contribution in [-0.2, 0) is 4.79 Å². The molecule has 112 valence electrons. The number of carbonyl (C=O) groups is 2. The Balaban J connectivity index is 2.08. The Kier molecular flexibility index (Phi) is 4.67. The SMILES string of the molecule is CCNC(=O)C1=CCN(C(=O)c2ccc(F)cc2F)CC1. The normalized spacial score (nSPS) is 14.6. The van der Waals surface area contributed by atoms with E-state index < -0.39 is 17.5 Å². The molecular formula is C15H16F2N2O2. The number of carbonyl (C=O) groups excluding carboxylic acids is 2. The van der Waals surface area contributed by atoms with Crippen molar-refractivity contribution in [1.29, 1.82) is 0 Å². The molecule has 1 N–H and O–H groups in total. The molecule has 21 heavy (non-hydrogen) atoms. The Labute approximate surface area is 121 Å². The number of amides is 2. The van der Waals surface area contributed by atoms with E-state index in [1.54, 1.807) is 6.08 Å². The number of nitrogens with zero attached hydrogens (tertiary/aromatic N) is 1. The molecule has 1 aromatic rings. The van der Waals surface area contributed by atoms with Gasteiger partial charge in [-0.3, -0.25) is 9.59 Å². The molecule has 0 aromatic heterocycles. The van der Waals surface area contributed by atoms with Gasteiger partial charge in [-0.15, -0.1) is 0 Å². The van der Waals surface area contributed by atoms with Crippen LogP contribution < -0.4 is 5.32 Å². The molecule has 4 nitrogen and oxygen atoms in total. The molecule has 0 fully saturated rings. The van der Waals surface area contributed by atoms with E-state index >= 15 is 0 Å². The predicted molar refractivity (Wildman–Crippen MR) is 73.6 cm³/mol. The van der Waals surface area contributed by atoms with Gasteiger partial charge in [-0.05, 0) is 25.5 Å². The Hall–Kier alpha value is -2.24. The van der Waals surface area contributed by atoms with Gasteiger partial charge in [-0.1, -0.05) is 6.08 Å². The zero-order valence-electron chi connectivity index (χ0n) is 11.7. The fraction of sp³-hybridized carbons (Fsp3) is 0.333. The molecule has 0 radical (unpaired) electrons. The topological polar surface area (TPSA) is 49.4 Å². The number of nitrogens with one attached hydrogen (secondary N) is 1. The second-order valence-corrected chi connectivity index (χ2v) is 4.71. The van der Waals surface area contributed by atoms with Gasteiger partial charge in [0, 0.05) is 31.3 Å². The first-order valence-corrected chi connectivity index (χ1v) is 6.74. The van der Waals surface area contributed by atoms with Crippen LogP contribution in [0.15, 0.2) is 29.8 Å². The average Bonchev–Trinajstić information content (AvgIpc) is 2.47. The lowest BCUT2D eigenvalue weighted by molar-refractivity contribution is -0.117. The van der Waals surface area contributed by atoms with E-state index in [-0.39, 0.29) is 18.0 Å². The van der Waals surface area contributed by atoms with Gasteiger partial charge in [0.1, 0.15) is 11.6 Å². The van der Waals surface area contributed by atoms with Crippen LogP contribution in [0.4, 0.5) is 8.78 Å². The van der Waals surface area contributed by atoms with Gasteiger partial charge in [0.15, 0.2) is 0 Å². The van der Waals surface area contributed by atoms with Crippen molar-refractivity contribution in [2.75, 3.05) is 19.6 Å². The predicted octanol–water partition coefficient (Wildman–Crippen LogP) is 1.87. The summed E-state index contributed by atoms with van der Waals surface area (Å²) in [6.45, 7) is 2.94. The maximum atomic E-state index is 13.6. The molecule has 0 saturated heterocycles. The monoisotopic (exact) mass is 294 g/mol. The number of hydrogen-bond acceptors (Lipinski definition) is 2. The van der Waals surface area contributed by atoms with Crippen LogP contribution in [0.2, 0.25) is 0 Å². The molecule has 1 aromatic carbocycles. The summed E-state index contributed by atoms with van der Waals surface area (Å²) in [5.74, 6) is -2.24. The molecule has 1 aliphatic heterocycles. The van der Waals surface area contributed by atoms with Crippen molar-refractivity contribution < 1.29 is 18.4 Å². The minimum absolute atomic E-state index is 0.141. The van der Waals surface area contributed by atoms with Crippen LogP contribution in [0.1, 0.15) is 23.7 Å². The highest BCUT2D eigenvalue weighted by Crippen LogP contribution is 2.16. The molecule has 0 spiro atoms. The summed E-state index contributed by atoms with van der Waals surface area (Å²) in [5, 5.41) is 2.69. The maximum absolute atomic E-state index is 13.6. The van der Waals surface area contributed by atoms with E-state index in [9.17, 15) is 18.4 Å². The number of likely N-dealkylation sites (N-methyl/N-ethyl adjacent to an activating group) is 1. The smallest absolute Gasteiger partial charge is 0.257 e. The molecule has 0 atom stereocenters. The quantitative estimate of drug-likeness (QED) is 0.925. The van der Waals surface area contributed by atoms with Gasteiger partial charge in [-0.25, -0.2) is 8.78 Å². The van der Waals surface area contributed by atoms with Crippen LogP contribution in [0.5, 0.6) is 0 Å². The summed E-state index contributed by atoms with van der Waals surface area (Å²) in [6.07, 6.45) is 2.08. The lowest BCUT2D eigenvalue weighted by atomic mass is 10.1. The lowest BCUT2D eigenvalue weighted by Gasteiger charge is -2.26. The van der Waals surface area contributed by atoms with E-state index in [2.05, 4.69) is 5.32 Å². The van der Waals surface area contributed by atoms with Gasteiger partial charge >= 0.3 is 0 Å². The zero-order chi connectivity index (χ0) is 15.4. The van der Waals surface area contributed by atoms with Crippen LogP contribution in [0.25, 0.3) is 0 Å². The molecule has 1 heterocycles. The second kappa shape index (κ2) is 6.47. The first kappa shape index (κ1) is 15.2. The van der Waals surface area contributed by atoms with Crippen molar-refractivity contribution in [1.82, 2.24) is 10.2 Å². The Morgan fingerprint density at radius 3 is 2.67 bits per heavy atom. The molecular weight excluding hydrogens is 278 g/mol. The van der Waals surface area contributed by atoms with Crippen molar-refractivity contribution in [2.24, 2.45) is 0 Å². The van der Waals surface area contributed by atoms with Crippen molar-refractivity contribution in [3.05, 3.63) is 47.0 Å². The van der Waals surface area contributed by atoms with E-state index in [0.29, 0.717) is 31.1 Å². The van der Waals surface area contributed by atoms with E-state index in [4.69, 9.17) is 0 Å². The maximum Gasteiger partial charge on any atom is 0.257 e. The fourth-order valence-corrected chi connectivity index (χ4v) is 2.17. The third-order valence-electron chi connectivity index (χ3n) is 3.29. The molecule has 2 rings (SSSR count). The second-order valence-electron chi connectivity index (χ2n) is 4.71. The third kappa shape index (κ3) is 3.45. The van der Waals surface area contributed by atoms with Gasteiger partial charge in [-0.2, -0.15) is 0 Å². The van der Waals surface area contributed by atoms with E-state index in [1.165, 1.54) is 4.90 Å². The minimum atomic E-state index is -0.876. The average molecular weight is 294 g/mol. The third-order valence-corrected chi connectivity index (χ3v) is 3.29. The minimum Gasteiger partial charge on any atom is -0.353 e. The molecule has 0 unspecified atom stereocenters. The van der Waals surface area contributed by atoms with Crippen molar-refractivity contribution in [3.63, 3.8) is 0 Å². The molecule has 2 amide bonds. The molecule has 6 heteroatoms. The Morgan fingerprint density at radius 1 is 1.33 bits per heavy atom. The summed E-state index contributed by atoms with van der Waals surface area (Å²) in [6, 6.07) is 2.87. The lowest BCUT2D eigenvalue weighted by Crippen LogP contribution is -2.38. The number of rotatable bonds is 3. The standard InChI is InChI=1S/C15H16F2N2O2/c1-2-18-14(20)10-5-7-19(8-6-10)15(21)12-4-3-11(16)9-13(12)17/h3-5,9H,2,6-8H2,1H3,(H,18,20). The summed E-state index contributed by atoms with van der Waals surface area (Å²) in [4.78, 5) is 25.2. The van der Waals surface area contributed by atoms with E-state index in [0.717, 1.165) is 12.1 Å². The van der Waals surface area contributed by atoms with Crippen molar-refractivity contribution >= 4 is 11.8 Å². The summed E-state index contributed by atoms with van der Waals surface area (Å²) >= 11 is 0. The number of benzene rings is 1. The van der Waals surface area contributed by atoms with Crippen molar-refractivity contribution in [2.45, 2.75) is 13.3 Å². The van der Waals surface area contributed by atoms with Crippen LogP contribution in [0.3, 0.4) is 0 Å². The Bertz CT molecular complexity index is 599. The first-order chi connectivity index (χ1) is 10.0. The van der Waals surface area contributed by atoms with Gasteiger partial charge in [0.2, 0.25) is 5.91 Å². The molecule has 1 aliphatic rings. The molecule has 0 saturated carbocycles. The fourth-order valence-electron chi connectivity index (χ4n) is 2.17. The highest BCUT2D eigenvalue weighted by atomic mass is 19.1. The highest BCUT2D eigenvalue weighted by Gasteiger charge is 2.23. The Morgan fingerprint density at radius 2 is 2.10 bits per heavy atom. The highest BCUT2D eigenvalue weighted by molar-refractivity contribution is 5.96. The van der Waals surface area contributed by atoms with Gasteiger partial charge in [0.05, 0.1) is 5.56 Å². The number of halogens is 2. The van der Waals surface area contributed by atoms with Gasteiger partial charge < -0.3 is 10.2 Å². The summed E-state index contributed by atoms with van der Waals surface area (Å²) < 4.78 is 26.4. The van der Waals surface area contributed by atoms with Crippen LogP contribution in [0, 0.1) is 11.6 Å². The summed E-state index contributed by atoms with van der Waals surface area (Å²) in [7, 11) is 0. The molecule has 0 aliphatic carbocycles. The first-order valence-electron chi connectivity index (χ1n) is 6.74. The van der Waals surface area contributed by atoms with Crippen LogP contribution >= 0.6 is 0 Å². The summed E-state index contributed by atoms with van der Waals surface area (Å²) in [5.41, 5.74) is 0.465. The van der Waals surface area contributed by atoms with Gasteiger partial charge in [0.25, 0.3) is 5.91 Å². The van der Waals surface area contributed by atoms with Crippen LogP contribution in [-0.4, -0.2) is 36.3 Å².